The Hall–Kier alpha value is -1.96. The minimum Gasteiger partial charge on any atom is -0.350 e. The standard InChI is InChI=1S/C19H27N3O4/c23-17(21-19(24)20-14-15-4-2-1-3-5-15)8-11-22-9-6-16(7-10-22)18-25-12-13-26-18/h1-5,16,18H,6-14H2,(H2,20,21,23,24). The van der Waals surface area contributed by atoms with Crippen molar-refractivity contribution in [3.05, 3.63) is 35.9 Å². The smallest absolute Gasteiger partial charge is 0.321 e. The van der Waals surface area contributed by atoms with E-state index in [1.54, 1.807) is 0 Å². The summed E-state index contributed by atoms with van der Waals surface area (Å²) < 4.78 is 11.2. The molecule has 0 unspecified atom stereocenters. The average molecular weight is 361 g/mol. The number of hydrogen-bond donors (Lipinski definition) is 2. The third kappa shape index (κ3) is 5.79. The number of benzene rings is 1. The number of carbonyl (C=O) groups is 2. The van der Waals surface area contributed by atoms with Gasteiger partial charge in [0.15, 0.2) is 6.29 Å². The number of piperidine rings is 1. The second kappa shape index (κ2) is 9.66. The second-order valence-corrected chi connectivity index (χ2v) is 6.76. The third-order valence-corrected chi connectivity index (χ3v) is 4.87. The van der Waals surface area contributed by atoms with Gasteiger partial charge < -0.3 is 19.7 Å². The Morgan fingerprint density at radius 3 is 2.46 bits per heavy atom. The molecule has 0 aliphatic carbocycles. The fraction of sp³-hybridized carbons (Fsp3) is 0.579. The third-order valence-electron chi connectivity index (χ3n) is 4.87. The first-order valence-corrected chi connectivity index (χ1v) is 9.28. The molecular weight excluding hydrogens is 334 g/mol. The molecule has 1 aromatic carbocycles. The molecule has 2 fully saturated rings. The van der Waals surface area contributed by atoms with Crippen LogP contribution in [0.1, 0.15) is 24.8 Å². The maximum atomic E-state index is 11.9. The van der Waals surface area contributed by atoms with Gasteiger partial charge in [-0.2, -0.15) is 0 Å². The van der Waals surface area contributed by atoms with Gasteiger partial charge in [-0.1, -0.05) is 30.3 Å². The van der Waals surface area contributed by atoms with E-state index in [0.717, 1.165) is 31.5 Å². The molecule has 142 valence electrons. The van der Waals surface area contributed by atoms with Crippen molar-refractivity contribution >= 4 is 11.9 Å². The largest absolute Gasteiger partial charge is 0.350 e. The first kappa shape index (κ1) is 18.8. The number of nitrogens with one attached hydrogen (secondary N) is 2. The zero-order chi connectivity index (χ0) is 18.2. The molecule has 1 aromatic rings. The van der Waals surface area contributed by atoms with Crippen LogP contribution in [0.5, 0.6) is 0 Å². The fourth-order valence-corrected chi connectivity index (χ4v) is 3.37. The van der Waals surface area contributed by atoms with Crippen molar-refractivity contribution in [3.63, 3.8) is 0 Å². The lowest BCUT2D eigenvalue weighted by atomic mass is 9.96. The lowest BCUT2D eigenvalue weighted by Crippen LogP contribution is -2.42. The van der Waals surface area contributed by atoms with Gasteiger partial charge in [0, 0.05) is 25.4 Å². The van der Waals surface area contributed by atoms with Crippen LogP contribution in [0, 0.1) is 5.92 Å². The molecule has 3 rings (SSSR count). The first-order valence-electron chi connectivity index (χ1n) is 9.28. The maximum Gasteiger partial charge on any atom is 0.321 e. The van der Waals surface area contributed by atoms with Gasteiger partial charge in [0.25, 0.3) is 0 Å². The van der Waals surface area contributed by atoms with E-state index >= 15 is 0 Å². The van der Waals surface area contributed by atoms with Gasteiger partial charge >= 0.3 is 6.03 Å². The molecule has 0 radical (unpaired) electrons. The molecule has 7 nitrogen and oxygen atoms in total. The predicted molar refractivity (Wildman–Crippen MR) is 96.3 cm³/mol. The summed E-state index contributed by atoms with van der Waals surface area (Å²) in [4.78, 5) is 26.0. The average Bonchev–Trinajstić information content (AvgIpc) is 3.21. The van der Waals surface area contributed by atoms with Crippen LogP contribution < -0.4 is 10.6 Å². The molecule has 7 heteroatoms. The monoisotopic (exact) mass is 361 g/mol. The summed E-state index contributed by atoms with van der Waals surface area (Å²) in [6.45, 7) is 4.31. The Balaban J connectivity index is 1.28. The van der Waals surface area contributed by atoms with Crippen LogP contribution >= 0.6 is 0 Å². The van der Waals surface area contributed by atoms with E-state index in [4.69, 9.17) is 9.47 Å². The lowest BCUT2D eigenvalue weighted by molar-refractivity contribution is -0.120. The summed E-state index contributed by atoms with van der Waals surface area (Å²) in [5, 5.41) is 5.08. The van der Waals surface area contributed by atoms with Crippen molar-refractivity contribution in [3.8, 4) is 0 Å². The van der Waals surface area contributed by atoms with Crippen molar-refractivity contribution in [2.45, 2.75) is 32.1 Å². The summed E-state index contributed by atoms with van der Waals surface area (Å²) >= 11 is 0. The number of carbonyl (C=O) groups excluding carboxylic acids is 2. The number of nitrogens with zero attached hydrogens (tertiary/aromatic N) is 1. The molecular formula is C19H27N3O4. The number of imide groups is 1. The molecule has 0 spiro atoms. The molecule has 0 bridgehead atoms. The zero-order valence-corrected chi connectivity index (χ0v) is 15.0. The van der Waals surface area contributed by atoms with E-state index in [-0.39, 0.29) is 12.2 Å². The summed E-state index contributed by atoms with van der Waals surface area (Å²) in [5.74, 6) is 0.200. The summed E-state index contributed by atoms with van der Waals surface area (Å²) in [7, 11) is 0. The van der Waals surface area contributed by atoms with Gasteiger partial charge in [0.05, 0.1) is 13.2 Å². The molecule has 2 heterocycles. The molecule has 2 aliphatic rings. The summed E-state index contributed by atoms with van der Waals surface area (Å²) in [6, 6.07) is 9.14. The molecule has 26 heavy (non-hydrogen) atoms. The Morgan fingerprint density at radius 2 is 1.77 bits per heavy atom. The first-order chi connectivity index (χ1) is 12.7. The van der Waals surface area contributed by atoms with Gasteiger partial charge in [-0.15, -0.1) is 0 Å². The highest BCUT2D eigenvalue weighted by Gasteiger charge is 2.30. The van der Waals surface area contributed by atoms with E-state index < -0.39 is 6.03 Å². The predicted octanol–water partition coefficient (Wildman–Crippen LogP) is 1.49. The van der Waals surface area contributed by atoms with Crippen molar-refractivity contribution < 1.29 is 19.1 Å². The van der Waals surface area contributed by atoms with Crippen LogP contribution in [-0.2, 0) is 20.8 Å². The van der Waals surface area contributed by atoms with Gasteiger partial charge in [0.2, 0.25) is 5.91 Å². The van der Waals surface area contributed by atoms with Gasteiger partial charge in [-0.3, -0.25) is 10.1 Å². The Morgan fingerprint density at radius 1 is 1.08 bits per heavy atom. The lowest BCUT2D eigenvalue weighted by Gasteiger charge is -2.33. The molecule has 0 aromatic heterocycles. The van der Waals surface area contributed by atoms with Gasteiger partial charge in [0.1, 0.15) is 0 Å². The number of amides is 3. The Bertz CT molecular complexity index is 582. The molecule has 2 saturated heterocycles. The van der Waals surface area contributed by atoms with Crippen LogP contribution in [0.25, 0.3) is 0 Å². The zero-order valence-electron chi connectivity index (χ0n) is 15.0. The summed E-state index contributed by atoms with van der Waals surface area (Å²) in [5.41, 5.74) is 0.994. The highest BCUT2D eigenvalue weighted by Crippen LogP contribution is 2.25. The van der Waals surface area contributed by atoms with Crippen molar-refractivity contribution in [1.82, 2.24) is 15.5 Å². The van der Waals surface area contributed by atoms with Crippen LogP contribution in [0.15, 0.2) is 30.3 Å². The van der Waals surface area contributed by atoms with E-state index in [1.165, 1.54) is 0 Å². The molecule has 2 aliphatic heterocycles. The van der Waals surface area contributed by atoms with E-state index in [0.29, 0.717) is 38.6 Å². The van der Waals surface area contributed by atoms with Crippen molar-refractivity contribution in [2.75, 3.05) is 32.8 Å². The molecule has 0 saturated carbocycles. The molecule has 0 atom stereocenters. The normalized spacial score (nSPS) is 19.4. The van der Waals surface area contributed by atoms with E-state index in [2.05, 4.69) is 15.5 Å². The van der Waals surface area contributed by atoms with Crippen LogP contribution in [0.2, 0.25) is 0 Å². The highest BCUT2D eigenvalue weighted by molar-refractivity contribution is 5.94. The number of urea groups is 1. The number of ether oxygens (including phenoxy) is 2. The Kier molecular flexibility index (Phi) is 6.99. The fourth-order valence-electron chi connectivity index (χ4n) is 3.37. The topological polar surface area (TPSA) is 79.9 Å². The second-order valence-electron chi connectivity index (χ2n) is 6.76. The molecule has 2 N–H and O–H groups in total. The minimum atomic E-state index is -0.451. The molecule has 3 amide bonds. The number of hydrogen-bond acceptors (Lipinski definition) is 5. The van der Waals surface area contributed by atoms with Crippen LogP contribution in [0.3, 0.4) is 0 Å². The van der Waals surface area contributed by atoms with Crippen molar-refractivity contribution in [1.29, 1.82) is 0 Å². The Labute approximate surface area is 154 Å². The number of likely N-dealkylation sites (tertiary alicyclic amines) is 1. The quantitative estimate of drug-likeness (QED) is 0.802. The van der Waals surface area contributed by atoms with E-state index in [9.17, 15) is 9.59 Å². The SMILES string of the molecule is O=C(CCN1CCC(C2OCCO2)CC1)NC(=O)NCc1ccccc1. The van der Waals surface area contributed by atoms with E-state index in [1.807, 2.05) is 30.3 Å². The van der Waals surface area contributed by atoms with Crippen LogP contribution in [0.4, 0.5) is 4.79 Å². The van der Waals surface area contributed by atoms with Gasteiger partial charge in [-0.05, 0) is 31.5 Å². The summed E-state index contributed by atoms with van der Waals surface area (Å²) in [6.07, 6.45) is 2.31. The number of rotatable bonds is 6. The highest BCUT2D eigenvalue weighted by atomic mass is 16.7. The van der Waals surface area contributed by atoms with Crippen molar-refractivity contribution in [2.24, 2.45) is 5.92 Å². The maximum absolute atomic E-state index is 11.9. The minimum absolute atomic E-state index is 0.0474. The van der Waals surface area contributed by atoms with Crippen LogP contribution in [-0.4, -0.2) is 56.0 Å². The van der Waals surface area contributed by atoms with Gasteiger partial charge in [-0.25, -0.2) is 4.79 Å².